The minimum atomic E-state index is -0.674. The van der Waals surface area contributed by atoms with Crippen LogP contribution in [0.25, 0.3) is 0 Å². The van der Waals surface area contributed by atoms with Crippen LogP contribution in [0.1, 0.15) is 19.4 Å². The van der Waals surface area contributed by atoms with Gasteiger partial charge < -0.3 is 10.4 Å². The third-order valence-electron chi connectivity index (χ3n) is 3.64. The van der Waals surface area contributed by atoms with Gasteiger partial charge >= 0.3 is 0 Å². The second-order valence-corrected chi connectivity index (χ2v) is 4.65. The van der Waals surface area contributed by atoms with Crippen LogP contribution in [0.2, 0.25) is 0 Å². The number of rotatable bonds is 1. The van der Waals surface area contributed by atoms with E-state index in [9.17, 15) is 5.11 Å². The van der Waals surface area contributed by atoms with Crippen LogP contribution < -0.4 is 5.32 Å². The van der Waals surface area contributed by atoms with E-state index in [1.165, 1.54) is 0 Å². The van der Waals surface area contributed by atoms with Crippen molar-refractivity contribution in [3.63, 3.8) is 0 Å². The van der Waals surface area contributed by atoms with Gasteiger partial charge in [0.25, 0.3) is 0 Å². The van der Waals surface area contributed by atoms with Gasteiger partial charge in [0.05, 0.1) is 5.60 Å². The SMILES string of the molecule is CC1CNCC(C)C1(O)c1ccccc1. The van der Waals surface area contributed by atoms with Crippen molar-refractivity contribution in [3.05, 3.63) is 35.9 Å². The van der Waals surface area contributed by atoms with Crippen molar-refractivity contribution >= 4 is 0 Å². The van der Waals surface area contributed by atoms with Gasteiger partial charge in [-0.1, -0.05) is 44.2 Å². The third-order valence-corrected chi connectivity index (χ3v) is 3.64. The molecule has 82 valence electrons. The molecule has 1 aliphatic heterocycles. The summed E-state index contributed by atoms with van der Waals surface area (Å²) in [6.45, 7) is 5.98. The van der Waals surface area contributed by atoms with Gasteiger partial charge in [-0.05, 0) is 5.56 Å². The largest absolute Gasteiger partial charge is 0.385 e. The zero-order valence-corrected chi connectivity index (χ0v) is 9.40. The van der Waals surface area contributed by atoms with Gasteiger partial charge in [0.15, 0.2) is 0 Å². The maximum Gasteiger partial charge on any atom is 0.0971 e. The lowest BCUT2D eigenvalue weighted by Gasteiger charge is -2.44. The summed E-state index contributed by atoms with van der Waals surface area (Å²) >= 11 is 0. The average Bonchev–Trinajstić information content (AvgIpc) is 2.27. The predicted molar refractivity (Wildman–Crippen MR) is 61.5 cm³/mol. The van der Waals surface area contributed by atoms with Crippen LogP contribution in [-0.2, 0) is 5.60 Å². The molecule has 0 aliphatic carbocycles. The summed E-state index contributed by atoms with van der Waals surface area (Å²) in [5, 5.41) is 14.2. The average molecular weight is 205 g/mol. The highest BCUT2D eigenvalue weighted by Crippen LogP contribution is 2.38. The monoisotopic (exact) mass is 205 g/mol. The highest BCUT2D eigenvalue weighted by molar-refractivity contribution is 5.25. The molecule has 0 bridgehead atoms. The Morgan fingerprint density at radius 1 is 1.13 bits per heavy atom. The van der Waals surface area contributed by atoms with E-state index in [-0.39, 0.29) is 11.8 Å². The number of piperidine rings is 1. The molecule has 2 unspecified atom stereocenters. The Bertz CT molecular complexity index is 313. The Labute approximate surface area is 91.3 Å². The Morgan fingerprint density at radius 3 is 2.20 bits per heavy atom. The first-order chi connectivity index (χ1) is 7.15. The maximum absolute atomic E-state index is 10.8. The van der Waals surface area contributed by atoms with Crippen LogP contribution in [0.4, 0.5) is 0 Å². The van der Waals surface area contributed by atoms with Crippen LogP contribution >= 0.6 is 0 Å². The van der Waals surface area contributed by atoms with Gasteiger partial charge in [-0.3, -0.25) is 0 Å². The molecular formula is C13H19NO. The molecule has 0 radical (unpaired) electrons. The molecule has 0 amide bonds. The molecule has 15 heavy (non-hydrogen) atoms. The zero-order valence-electron chi connectivity index (χ0n) is 9.40. The highest BCUT2D eigenvalue weighted by Gasteiger charge is 2.42. The summed E-state index contributed by atoms with van der Waals surface area (Å²) in [7, 11) is 0. The quantitative estimate of drug-likeness (QED) is 0.732. The van der Waals surface area contributed by atoms with Crippen molar-refractivity contribution in [1.82, 2.24) is 5.32 Å². The summed E-state index contributed by atoms with van der Waals surface area (Å²) in [5.41, 5.74) is 0.374. The first kappa shape index (κ1) is 10.7. The highest BCUT2D eigenvalue weighted by atomic mass is 16.3. The molecular weight excluding hydrogens is 186 g/mol. The van der Waals surface area contributed by atoms with Crippen molar-refractivity contribution in [2.75, 3.05) is 13.1 Å². The fraction of sp³-hybridized carbons (Fsp3) is 0.538. The van der Waals surface area contributed by atoms with E-state index >= 15 is 0 Å². The fourth-order valence-electron chi connectivity index (χ4n) is 2.59. The van der Waals surface area contributed by atoms with E-state index in [1.54, 1.807) is 0 Å². The van der Waals surface area contributed by atoms with Gasteiger partial charge in [-0.15, -0.1) is 0 Å². The number of hydrogen-bond acceptors (Lipinski definition) is 2. The third kappa shape index (κ3) is 1.68. The topological polar surface area (TPSA) is 32.3 Å². The van der Waals surface area contributed by atoms with Gasteiger partial charge in [0.1, 0.15) is 0 Å². The number of nitrogens with one attached hydrogen (secondary N) is 1. The first-order valence-electron chi connectivity index (χ1n) is 5.64. The van der Waals surface area contributed by atoms with E-state index in [0.717, 1.165) is 18.7 Å². The van der Waals surface area contributed by atoms with Crippen molar-refractivity contribution in [1.29, 1.82) is 0 Å². The summed E-state index contributed by atoms with van der Waals surface area (Å²) in [4.78, 5) is 0. The molecule has 2 rings (SSSR count). The minimum absolute atomic E-state index is 0.253. The molecule has 1 heterocycles. The number of aliphatic hydroxyl groups is 1. The summed E-state index contributed by atoms with van der Waals surface area (Å²) in [6.07, 6.45) is 0. The molecule has 0 aromatic heterocycles. The van der Waals surface area contributed by atoms with Crippen molar-refractivity contribution < 1.29 is 5.11 Å². The molecule has 2 atom stereocenters. The van der Waals surface area contributed by atoms with Gasteiger partial charge in [0.2, 0.25) is 0 Å². The van der Waals surface area contributed by atoms with E-state index in [1.807, 2.05) is 30.3 Å². The fourth-order valence-corrected chi connectivity index (χ4v) is 2.59. The van der Waals surface area contributed by atoms with Gasteiger partial charge in [0, 0.05) is 24.9 Å². The molecule has 1 aromatic rings. The predicted octanol–water partition coefficient (Wildman–Crippen LogP) is 1.75. The second-order valence-electron chi connectivity index (χ2n) is 4.65. The number of benzene rings is 1. The van der Waals surface area contributed by atoms with Crippen LogP contribution in [0.5, 0.6) is 0 Å². The molecule has 2 heteroatoms. The first-order valence-corrected chi connectivity index (χ1v) is 5.64. The Hall–Kier alpha value is -0.860. The molecule has 1 aromatic carbocycles. The minimum Gasteiger partial charge on any atom is -0.385 e. The van der Waals surface area contributed by atoms with E-state index in [2.05, 4.69) is 19.2 Å². The zero-order chi connectivity index (χ0) is 10.9. The van der Waals surface area contributed by atoms with Crippen molar-refractivity contribution in [2.24, 2.45) is 11.8 Å². The van der Waals surface area contributed by atoms with E-state index < -0.39 is 5.60 Å². The van der Waals surface area contributed by atoms with Crippen LogP contribution in [0.15, 0.2) is 30.3 Å². The molecule has 2 nitrogen and oxygen atoms in total. The molecule has 0 saturated carbocycles. The lowest BCUT2D eigenvalue weighted by molar-refractivity contribution is -0.0806. The second kappa shape index (κ2) is 3.95. The summed E-state index contributed by atoms with van der Waals surface area (Å²) in [6, 6.07) is 10.0. The van der Waals surface area contributed by atoms with Crippen molar-refractivity contribution in [2.45, 2.75) is 19.4 Å². The number of hydrogen-bond donors (Lipinski definition) is 2. The van der Waals surface area contributed by atoms with E-state index in [4.69, 9.17) is 0 Å². The normalized spacial score (nSPS) is 36.5. The van der Waals surface area contributed by atoms with Crippen LogP contribution in [0, 0.1) is 11.8 Å². The van der Waals surface area contributed by atoms with Crippen LogP contribution in [0.3, 0.4) is 0 Å². The van der Waals surface area contributed by atoms with Crippen molar-refractivity contribution in [3.8, 4) is 0 Å². The Morgan fingerprint density at radius 2 is 1.67 bits per heavy atom. The molecule has 0 spiro atoms. The smallest absolute Gasteiger partial charge is 0.0971 e. The van der Waals surface area contributed by atoms with Gasteiger partial charge in [-0.2, -0.15) is 0 Å². The van der Waals surface area contributed by atoms with Gasteiger partial charge in [-0.25, -0.2) is 0 Å². The van der Waals surface area contributed by atoms with Crippen LogP contribution in [-0.4, -0.2) is 18.2 Å². The lowest BCUT2D eigenvalue weighted by Crippen LogP contribution is -2.52. The summed E-state index contributed by atoms with van der Waals surface area (Å²) in [5.74, 6) is 0.507. The lowest BCUT2D eigenvalue weighted by atomic mass is 9.71. The Balaban J connectivity index is 2.38. The molecule has 2 N–H and O–H groups in total. The maximum atomic E-state index is 10.8. The summed E-state index contributed by atoms with van der Waals surface area (Å²) < 4.78 is 0. The molecule has 1 fully saturated rings. The Kier molecular flexibility index (Phi) is 2.81. The standard InChI is InChI=1S/C13H19NO/c1-10-8-14-9-11(2)13(10,15)12-6-4-3-5-7-12/h3-7,10-11,14-15H,8-9H2,1-2H3. The molecule has 1 aliphatic rings. The molecule has 1 saturated heterocycles. The van der Waals surface area contributed by atoms with E-state index in [0.29, 0.717) is 0 Å².